The van der Waals surface area contributed by atoms with Crippen LogP contribution in [0.25, 0.3) is 0 Å². The Bertz CT molecular complexity index is 212. The van der Waals surface area contributed by atoms with Crippen LogP contribution in [0.4, 0.5) is 0 Å². The second-order valence-electron chi connectivity index (χ2n) is 5.91. The summed E-state index contributed by atoms with van der Waals surface area (Å²) in [7, 11) is 0. The van der Waals surface area contributed by atoms with E-state index >= 15 is 0 Å². The molecule has 1 saturated heterocycles. The number of likely N-dealkylation sites (tertiary alicyclic amines) is 1. The molecule has 17 heavy (non-hydrogen) atoms. The summed E-state index contributed by atoms with van der Waals surface area (Å²) in [6.45, 7) is 13.5. The number of piperidine rings is 1. The maximum Gasteiger partial charge on any atom is 0.0659 e. The van der Waals surface area contributed by atoms with Crippen LogP contribution in [-0.2, 0) is 4.74 Å². The average Bonchev–Trinajstić information content (AvgIpc) is 2.36. The topological polar surface area (TPSA) is 38.5 Å². The lowest BCUT2D eigenvalue weighted by Gasteiger charge is -2.45. The Morgan fingerprint density at radius 2 is 1.94 bits per heavy atom. The summed E-state index contributed by atoms with van der Waals surface area (Å²) in [5, 5.41) is 0. The van der Waals surface area contributed by atoms with Gasteiger partial charge in [0.25, 0.3) is 0 Å². The molecular weight excluding hydrogens is 212 g/mol. The summed E-state index contributed by atoms with van der Waals surface area (Å²) in [5.41, 5.74) is 5.98. The van der Waals surface area contributed by atoms with Crippen LogP contribution in [0.3, 0.4) is 0 Å². The van der Waals surface area contributed by atoms with Crippen molar-refractivity contribution in [2.24, 2.45) is 17.6 Å². The third kappa shape index (κ3) is 3.94. The lowest BCUT2D eigenvalue weighted by Crippen LogP contribution is -2.57. The molecule has 0 aromatic carbocycles. The van der Waals surface area contributed by atoms with Gasteiger partial charge in [0, 0.05) is 13.2 Å². The minimum Gasteiger partial charge on any atom is -0.380 e. The zero-order valence-electron chi connectivity index (χ0n) is 12.0. The lowest BCUT2D eigenvalue weighted by molar-refractivity contribution is -0.0105. The first-order valence-electron chi connectivity index (χ1n) is 7.06. The van der Waals surface area contributed by atoms with Crippen LogP contribution < -0.4 is 5.73 Å². The number of nitrogens with two attached hydrogens (primary N) is 1. The molecule has 1 atom stereocenters. The first-order valence-corrected chi connectivity index (χ1v) is 7.06. The van der Waals surface area contributed by atoms with Gasteiger partial charge in [-0.15, -0.1) is 0 Å². The highest BCUT2D eigenvalue weighted by Crippen LogP contribution is 2.28. The molecule has 3 nitrogen and oxygen atoms in total. The highest BCUT2D eigenvalue weighted by molar-refractivity contribution is 4.90. The Hall–Kier alpha value is -0.120. The summed E-state index contributed by atoms with van der Waals surface area (Å²) >= 11 is 0. The van der Waals surface area contributed by atoms with E-state index in [-0.39, 0.29) is 5.54 Å². The monoisotopic (exact) mass is 242 g/mol. The first kappa shape index (κ1) is 14.9. The van der Waals surface area contributed by atoms with Gasteiger partial charge in [-0.2, -0.15) is 0 Å². The van der Waals surface area contributed by atoms with Crippen LogP contribution in [0.2, 0.25) is 0 Å². The zero-order chi connectivity index (χ0) is 12.9. The number of hydrogen-bond donors (Lipinski definition) is 1. The quantitative estimate of drug-likeness (QED) is 0.775. The van der Waals surface area contributed by atoms with Crippen LogP contribution in [0.1, 0.15) is 40.5 Å². The Balaban J connectivity index is 2.49. The smallest absolute Gasteiger partial charge is 0.0659 e. The molecule has 1 fully saturated rings. The fourth-order valence-corrected chi connectivity index (χ4v) is 2.71. The molecule has 0 amide bonds. The van der Waals surface area contributed by atoms with E-state index in [1.807, 2.05) is 6.92 Å². The Labute approximate surface area is 107 Å². The van der Waals surface area contributed by atoms with Crippen LogP contribution in [0, 0.1) is 11.8 Å². The van der Waals surface area contributed by atoms with Gasteiger partial charge >= 0.3 is 0 Å². The van der Waals surface area contributed by atoms with Crippen molar-refractivity contribution in [2.75, 3.05) is 32.8 Å². The number of hydrogen-bond acceptors (Lipinski definition) is 3. The van der Waals surface area contributed by atoms with Crippen molar-refractivity contribution in [2.45, 2.75) is 46.1 Å². The van der Waals surface area contributed by atoms with Crippen LogP contribution in [-0.4, -0.2) is 43.3 Å². The summed E-state index contributed by atoms with van der Waals surface area (Å²) in [6, 6.07) is 0. The molecule has 0 aliphatic carbocycles. The third-order valence-corrected chi connectivity index (χ3v) is 4.30. The Kier molecular flexibility index (Phi) is 5.90. The van der Waals surface area contributed by atoms with Gasteiger partial charge in [0.05, 0.1) is 12.1 Å². The van der Waals surface area contributed by atoms with E-state index in [1.165, 1.54) is 25.9 Å². The second-order valence-corrected chi connectivity index (χ2v) is 5.91. The minimum absolute atomic E-state index is 0.0258. The van der Waals surface area contributed by atoms with Crippen LogP contribution in [0.15, 0.2) is 0 Å². The van der Waals surface area contributed by atoms with E-state index in [2.05, 4.69) is 25.7 Å². The van der Waals surface area contributed by atoms with E-state index in [0.29, 0.717) is 6.54 Å². The van der Waals surface area contributed by atoms with Gasteiger partial charge in [-0.3, -0.25) is 4.90 Å². The SMILES string of the molecule is CCOCC(C)(CN)N1CCC(C(C)C)CC1. The summed E-state index contributed by atoms with van der Waals surface area (Å²) in [4.78, 5) is 2.53. The van der Waals surface area contributed by atoms with Gasteiger partial charge in [-0.1, -0.05) is 13.8 Å². The van der Waals surface area contributed by atoms with E-state index in [9.17, 15) is 0 Å². The van der Waals surface area contributed by atoms with Gasteiger partial charge in [0.2, 0.25) is 0 Å². The summed E-state index contributed by atoms with van der Waals surface area (Å²) in [5.74, 6) is 1.70. The van der Waals surface area contributed by atoms with Gasteiger partial charge in [-0.05, 0) is 51.6 Å². The predicted molar refractivity (Wildman–Crippen MR) is 73.1 cm³/mol. The summed E-state index contributed by atoms with van der Waals surface area (Å²) < 4.78 is 5.60. The zero-order valence-corrected chi connectivity index (χ0v) is 12.0. The van der Waals surface area contributed by atoms with Gasteiger partial charge in [0.1, 0.15) is 0 Å². The third-order valence-electron chi connectivity index (χ3n) is 4.30. The largest absolute Gasteiger partial charge is 0.380 e. The molecule has 0 aromatic heterocycles. The van der Waals surface area contributed by atoms with Gasteiger partial charge < -0.3 is 10.5 Å². The molecule has 1 aliphatic heterocycles. The molecular formula is C14H30N2O. The standard InChI is InChI=1S/C14H30N2O/c1-5-17-11-14(4,10-15)16-8-6-13(7-9-16)12(2)3/h12-13H,5-11,15H2,1-4H3. The molecule has 1 heterocycles. The van der Waals surface area contributed by atoms with Crippen molar-refractivity contribution in [3.63, 3.8) is 0 Å². The van der Waals surface area contributed by atoms with E-state index < -0.39 is 0 Å². The van der Waals surface area contributed by atoms with E-state index in [0.717, 1.165) is 25.0 Å². The Morgan fingerprint density at radius 1 is 1.35 bits per heavy atom. The van der Waals surface area contributed by atoms with Crippen molar-refractivity contribution < 1.29 is 4.74 Å². The van der Waals surface area contributed by atoms with E-state index in [1.54, 1.807) is 0 Å². The highest BCUT2D eigenvalue weighted by Gasteiger charge is 2.34. The fraction of sp³-hybridized carbons (Fsp3) is 1.00. The molecule has 1 aliphatic rings. The summed E-state index contributed by atoms with van der Waals surface area (Å²) in [6.07, 6.45) is 2.61. The molecule has 0 saturated carbocycles. The molecule has 102 valence electrons. The fourth-order valence-electron chi connectivity index (χ4n) is 2.71. The van der Waals surface area contributed by atoms with Gasteiger partial charge in [-0.25, -0.2) is 0 Å². The predicted octanol–water partition coefficient (Wildman–Crippen LogP) is 2.11. The molecule has 1 rings (SSSR count). The second kappa shape index (κ2) is 6.72. The molecule has 3 heteroatoms. The lowest BCUT2D eigenvalue weighted by atomic mass is 9.84. The van der Waals surface area contributed by atoms with E-state index in [4.69, 9.17) is 10.5 Å². The van der Waals surface area contributed by atoms with Crippen molar-refractivity contribution >= 4 is 0 Å². The molecule has 0 bridgehead atoms. The molecule has 2 N–H and O–H groups in total. The highest BCUT2D eigenvalue weighted by atomic mass is 16.5. The molecule has 0 aromatic rings. The number of ether oxygens (including phenoxy) is 1. The normalized spacial score (nSPS) is 22.9. The minimum atomic E-state index is 0.0258. The van der Waals surface area contributed by atoms with Crippen molar-refractivity contribution in [3.8, 4) is 0 Å². The maximum atomic E-state index is 5.95. The molecule has 1 unspecified atom stereocenters. The molecule has 0 radical (unpaired) electrons. The number of nitrogens with zero attached hydrogens (tertiary/aromatic N) is 1. The Morgan fingerprint density at radius 3 is 2.35 bits per heavy atom. The van der Waals surface area contributed by atoms with Crippen molar-refractivity contribution in [1.29, 1.82) is 0 Å². The van der Waals surface area contributed by atoms with Crippen LogP contribution >= 0.6 is 0 Å². The van der Waals surface area contributed by atoms with Crippen LogP contribution in [0.5, 0.6) is 0 Å². The number of rotatable bonds is 6. The average molecular weight is 242 g/mol. The molecule has 0 spiro atoms. The van der Waals surface area contributed by atoms with Crippen molar-refractivity contribution in [3.05, 3.63) is 0 Å². The van der Waals surface area contributed by atoms with Crippen molar-refractivity contribution in [1.82, 2.24) is 4.90 Å². The van der Waals surface area contributed by atoms with Gasteiger partial charge in [0.15, 0.2) is 0 Å². The first-order chi connectivity index (χ1) is 8.03. The maximum absolute atomic E-state index is 5.95.